The highest BCUT2D eigenvalue weighted by Gasteiger charge is 2.30. The second kappa shape index (κ2) is 6.87. The van der Waals surface area contributed by atoms with Crippen LogP contribution in [0.5, 0.6) is 0 Å². The molecule has 1 aromatic carbocycles. The number of nitrogens with zero attached hydrogens (tertiary/aromatic N) is 1. The van der Waals surface area contributed by atoms with Gasteiger partial charge in [0.05, 0.1) is 0 Å². The van der Waals surface area contributed by atoms with Gasteiger partial charge in [-0.2, -0.15) is 0 Å². The van der Waals surface area contributed by atoms with Gasteiger partial charge in [-0.05, 0) is 56.3 Å². The van der Waals surface area contributed by atoms with E-state index in [4.69, 9.17) is 5.73 Å². The molecule has 2 N–H and O–H groups in total. The van der Waals surface area contributed by atoms with Gasteiger partial charge in [0.15, 0.2) is 0 Å². The van der Waals surface area contributed by atoms with E-state index >= 15 is 0 Å². The number of halogens is 1. The van der Waals surface area contributed by atoms with Gasteiger partial charge in [-0.15, -0.1) is 0 Å². The number of benzene rings is 1. The first-order chi connectivity index (χ1) is 9.11. The fraction of sp³-hybridized carbons (Fsp3) is 0.625. The molecule has 0 aromatic heterocycles. The predicted octanol–water partition coefficient (Wildman–Crippen LogP) is 3.96. The summed E-state index contributed by atoms with van der Waals surface area (Å²) in [7, 11) is 0. The van der Waals surface area contributed by atoms with Crippen molar-refractivity contribution in [3.8, 4) is 0 Å². The minimum atomic E-state index is 0.159. The van der Waals surface area contributed by atoms with Gasteiger partial charge in [-0.25, -0.2) is 0 Å². The fourth-order valence-corrected chi connectivity index (χ4v) is 3.03. The summed E-state index contributed by atoms with van der Waals surface area (Å²) in [5.41, 5.74) is 7.62. The van der Waals surface area contributed by atoms with Crippen LogP contribution in [-0.4, -0.2) is 24.0 Å². The first-order valence-corrected chi connectivity index (χ1v) is 8.16. The van der Waals surface area contributed by atoms with Crippen molar-refractivity contribution < 1.29 is 0 Å². The highest BCUT2D eigenvalue weighted by molar-refractivity contribution is 9.10. The van der Waals surface area contributed by atoms with Crippen molar-refractivity contribution in [3.63, 3.8) is 0 Å². The molecule has 1 saturated carbocycles. The monoisotopic (exact) mass is 324 g/mol. The van der Waals surface area contributed by atoms with Gasteiger partial charge < -0.3 is 5.73 Å². The summed E-state index contributed by atoms with van der Waals surface area (Å²) < 4.78 is 1.13. The van der Waals surface area contributed by atoms with Gasteiger partial charge in [-0.3, -0.25) is 4.90 Å². The molecule has 106 valence electrons. The molecule has 2 nitrogen and oxygen atoms in total. The van der Waals surface area contributed by atoms with Crippen LogP contribution in [0.25, 0.3) is 0 Å². The molecular formula is C16H25BrN2. The largest absolute Gasteiger partial charge is 0.326 e. The molecule has 2 atom stereocenters. The van der Waals surface area contributed by atoms with Crippen molar-refractivity contribution in [3.05, 3.63) is 34.3 Å². The lowest BCUT2D eigenvalue weighted by molar-refractivity contribution is 0.169. The number of rotatable bonds is 7. The molecule has 0 radical (unpaired) electrons. The van der Waals surface area contributed by atoms with Crippen LogP contribution < -0.4 is 5.73 Å². The third-order valence-electron chi connectivity index (χ3n) is 3.80. The molecule has 3 heteroatoms. The zero-order valence-electron chi connectivity index (χ0n) is 12.0. The second-order valence-corrected chi connectivity index (χ2v) is 6.71. The SMILES string of the molecule is CCCN(CC1CC1)C(c1ccc(Br)cc1)C(C)N. The predicted molar refractivity (Wildman–Crippen MR) is 85.1 cm³/mol. The van der Waals surface area contributed by atoms with E-state index in [9.17, 15) is 0 Å². The maximum Gasteiger partial charge on any atom is 0.0496 e. The topological polar surface area (TPSA) is 29.3 Å². The third-order valence-corrected chi connectivity index (χ3v) is 4.33. The lowest BCUT2D eigenvalue weighted by atomic mass is 9.98. The zero-order chi connectivity index (χ0) is 13.8. The molecular weight excluding hydrogens is 300 g/mol. The Morgan fingerprint density at radius 3 is 2.42 bits per heavy atom. The van der Waals surface area contributed by atoms with E-state index in [0.29, 0.717) is 6.04 Å². The summed E-state index contributed by atoms with van der Waals surface area (Å²) in [5, 5.41) is 0. The van der Waals surface area contributed by atoms with E-state index in [1.165, 1.54) is 31.4 Å². The van der Waals surface area contributed by atoms with Crippen LogP contribution in [0.1, 0.15) is 44.7 Å². The average molecular weight is 325 g/mol. The minimum Gasteiger partial charge on any atom is -0.326 e. The van der Waals surface area contributed by atoms with Crippen molar-refractivity contribution in [2.75, 3.05) is 13.1 Å². The summed E-state index contributed by atoms with van der Waals surface area (Å²) >= 11 is 3.50. The van der Waals surface area contributed by atoms with Crippen molar-refractivity contribution in [1.29, 1.82) is 0 Å². The van der Waals surface area contributed by atoms with Crippen molar-refractivity contribution in [1.82, 2.24) is 4.90 Å². The van der Waals surface area contributed by atoms with Gasteiger partial charge in [0, 0.05) is 23.1 Å². The highest BCUT2D eigenvalue weighted by atomic mass is 79.9. The Bertz CT molecular complexity index is 384. The van der Waals surface area contributed by atoms with Crippen LogP contribution in [0.2, 0.25) is 0 Å². The van der Waals surface area contributed by atoms with E-state index in [1.54, 1.807) is 0 Å². The normalized spacial score (nSPS) is 18.6. The molecule has 19 heavy (non-hydrogen) atoms. The Morgan fingerprint density at radius 1 is 1.32 bits per heavy atom. The molecule has 2 unspecified atom stereocenters. The standard InChI is InChI=1S/C16H25BrN2/c1-3-10-19(11-13-4-5-13)16(12(2)18)14-6-8-15(17)9-7-14/h6-9,12-13,16H,3-5,10-11,18H2,1-2H3. The first kappa shape index (κ1) is 15.0. The number of nitrogens with two attached hydrogens (primary N) is 1. The molecule has 0 saturated heterocycles. The molecule has 0 spiro atoms. The summed E-state index contributed by atoms with van der Waals surface area (Å²) in [6, 6.07) is 9.14. The average Bonchev–Trinajstić information content (AvgIpc) is 3.16. The van der Waals surface area contributed by atoms with Gasteiger partial charge >= 0.3 is 0 Å². The van der Waals surface area contributed by atoms with E-state index in [0.717, 1.165) is 16.9 Å². The smallest absolute Gasteiger partial charge is 0.0496 e. The van der Waals surface area contributed by atoms with E-state index in [1.807, 2.05) is 0 Å². The molecule has 0 aliphatic heterocycles. The Hall–Kier alpha value is -0.380. The quantitative estimate of drug-likeness (QED) is 0.822. The molecule has 1 aliphatic rings. The molecule has 1 aromatic rings. The van der Waals surface area contributed by atoms with Crippen LogP contribution >= 0.6 is 15.9 Å². The van der Waals surface area contributed by atoms with Gasteiger partial charge in [0.25, 0.3) is 0 Å². The molecule has 0 bridgehead atoms. The van der Waals surface area contributed by atoms with Gasteiger partial charge in [0.2, 0.25) is 0 Å². The first-order valence-electron chi connectivity index (χ1n) is 7.37. The maximum atomic E-state index is 6.28. The summed E-state index contributed by atoms with van der Waals surface area (Å²) in [5.74, 6) is 0.906. The van der Waals surface area contributed by atoms with Crippen LogP contribution in [0.4, 0.5) is 0 Å². The Labute approximate surface area is 125 Å². The lowest BCUT2D eigenvalue weighted by Gasteiger charge is -2.34. The van der Waals surface area contributed by atoms with Crippen LogP contribution in [0.15, 0.2) is 28.7 Å². The molecule has 0 heterocycles. The Kier molecular flexibility index (Phi) is 5.43. The maximum absolute atomic E-state index is 6.28. The lowest BCUT2D eigenvalue weighted by Crippen LogP contribution is -2.41. The van der Waals surface area contributed by atoms with E-state index in [2.05, 4.69) is 58.9 Å². The fourth-order valence-electron chi connectivity index (χ4n) is 2.77. The minimum absolute atomic E-state index is 0.159. The Balaban J connectivity index is 2.17. The third kappa shape index (κ3) is 4.30. The molecule has 0 amide bonds. The summed E-state index contributed by atoms with van der Waals surface area (Å²) in [6.07, 6.45) is 3.98. The van der Waals surface area contributed by atoms with Crippen molar-refractivity contribution >= 4 is 15.9 Å². The van der Waals surface area contributed by atoms with E-state index in [-0.39, 0.29) is 6.04 Å². The summed E-state index contributed by atoms with van der Waals surface area (Å²) in [4.78, 5) is 2.59. The Morgan fingerprint density at radius 2 is 1.95 bits per heavy atom. The van der Waals surface area contributed by atoms with Gasteiger partial charge in [0.1, 0.15) is 0 Å². The summed E-state index contributed by atoms with van der Waals surface area (Å²) in [6.45, 7) is 6.72. The van der Waals surface area contributed by atoms with Crippen molar-refractivity contribution in [2.24, 2.45) is 11.7 Å². The van der Waals surface area contributed by atoms with Crippen LogP contribution in [0.3, 0.4) is 0 Å². The number of hydrogen-bond donors (Lipinski definition) is 1. The van der Waals surface area contributed by atoms with Crippen LogP contribution in [-0.2, 0) is 0 Å². The van der Waals surface area contributed by atoms with Gasteiger partial charge in [-0.1, -0.05) is 35.0 Å². The second-order valence-electron chi connectivity index (χ2n) is 5.79. The van der Waals surface area contributed by atoms with Crippen LogP contribution in [0, 0.1) is 5.92 Å². The molecule has 2 rings (SSSR count). The zero-order valence-corrected chi connectivity index (χ0v) is 13.6. The van der Waals surface area contributed by atoms with Crippen molar-refractivity contribution in [2.45, 2.75) is 45.2 Å². The molecule has 1 aliphatic carbocycles. The highest BCUT2D eigenvalue weighted by Crippen LogP contribution is 2.34. The van der Waals surface area contributed by atoms with E-state index < -0.39 is 0 Å². The number of hydrogen-bond acceptors (Lipinski definition) is 2. The molecule has 1 fully saturated rings.